The molecule has 0 aliphatic carbocycles. The zero-order valence-electron chi connectivity index (χ0n) is 20.7. The van der Waals surface area contributed by atoms with Crippen molar-refractivity contribution < 1.29 is 18.3 Å². The van der Waals surface area contributed by atoms with E-state index in [4.69, 9.17) is 18.3 Å². The van der Waals surface area contributed by atoms with Crippen molar-refractivity contribution in [2.45, 2.75) is 97.4 Å². The molecule has 0 aromatic rings. The summed E-state index contributed by atoms with van der Waals surface area (Å²) in [5, 5.41) is 0. The van der Waals surface area contributed by atoms with Crippen molar-refractivity contribution in [2.24, 2.45) is 0 Å². The fraction of sp³-hybridized carbons (Fsp3) is 1.00. The quantitative estimate of drug-likeness (QED) is 0.198. The number of likely N-dealkylation sites (N-methyl/N-ethyl adjacent to an activating group) is 1. The number of hydrogen-bond acceptors (Lipinski definition) is 5. The zero-order chi connectivity index (χ0) is 22.0. The molecule has 0 aliphatic heterocycles. The molecule has 0 aliphatic rings. The Balaban J connectivity index is 4.07. The summed E-state index contributed by atoms with van der Waals surface area (Å²) in [7, 11) is -0.578. The van der Waals surface area contributed by atoms with E-state index in [0.29, 0.717) is 0 Å². The highest BCUT2D eigenvalue weighted by atomic mass is 28.2. The minimum absolute atomic E-state index is 0.132. The molecule has 0 bridgehead atoms. The normalized spacial score (nSPS) is 13.7. The molecule has 0 heterocycles. The molecule has 0 saturated carbocycles. The first kappa shape index (κ1) is 29.2. The summed E-state index contributed by atoms with van der Waals surface area (Å²) in [4.78, 5) is 2.46. The molecule has 0 saturated heterocycles. The fourth-order valence-corrected chi connectivity index (χ4v) is 5.50. The maximum absolute atomic E-state index is 6.21. The Morgan fingerprint density at radius 3 is 1.41 bits per heavy atom. The van der Waals surface area contributed by atoms with Crippen molar-refractivity contribution in [3.8, 4) is 0 Å². The Hall–Kier alpha value is 0.234. The highest BCUT2D eigenvalue weighted by Crippen LogP contribution is 2.18. The van der Waals surface area contributed by atoms with E-state index in [0.717, 1.165) is 58.9 Å². The summed E-state index contributed by atoms with van der Waals surface area (Å²) < 4.78 is 23.5. The molecule has 7 heteroatoms. The van der Waals surface area contributed by atoms with E-state index in [2.05, 4.69) is 53.4 Å². The number of rotatable bonds is 21. The lowest BCUT2D eigenvalue weighted by molar-refractivity contribution is -0.0727. The second-order valence-electron chi connectivity index (χ2n) is 9.03. The lowest BCUT2D eigenvalue weighted by Gasteiger charge is -2.37. The van der Waals surface area contributed by atoms with Crippen LogP contribution in [0.5, 0.6) is 0 Å². The number of hydrogen-bond donors (Lipinski definition) is 0. The van der Waals surface area contributed by atoms with Gasteiger partial charge in [0.2, 0.25) is 0 Å². The van der Waals surface area contributed by atoms with Gasteiger partial charge in [-0.3, -0.25) is 4.90 Å². The molecule has 0 radical (unpaired) electrons. The van der Waals surface area contributed by atoms with Crippen LogP contribution in [0.2, 0.25) is 12.1 Å². The Morgan fingerprint density at radius 1 is 0.655 bits per heavy atom. The first-order valence-electron chi connectivity index (χ1n) is 11.9. The van der Waals surface area contributed by atoms with Crippen molar-refractivity contribution in [3.63, 3.8) is 0 Å². The Bertz CT molecular complexity index is 339. The smallest absolute Gasteiger partial charge is 0.161 e. The van der Waals surface area contributed by atoms with Crippen LogP contribution < -0.4 is 0 Å². The van der Waals surface area contributed by atoms with Gasteiger partial charge in [0.05, 0.1) is 11.2 Å². The molecule has 176 valence electrons. The summed E-state index contributed by atoms with van der Waals surface area (Å²) in [5.41, 5.74) is -0.263. The molecule has 0 unspecified atom stereocenters. The van der Waals surface area contributed by atoms with Gasteiger partial charge in [-0.05, 0) is 73.0 Å². The minimum atomic E-state index is -0.289. The molecule has 0 aromatic carbocycles. The minimum Gasteiger partial charge on any atom is -0.424 e. The van der Waals surface area contributed by atoms with E-state index < -0.39 is 0 Å². The van der Waals surface area contributed by atoms with E-state index in [1.165, 1.54) is 24.9 Å². The average molecular weight is 450 g/mol. The Kier molecular flexibility index (Phi) is 18.0. The first-order valence-corrected chi connectivity index (χ1v) is 15.1. The summed E-state index contributed by atoms with van der Waals surface area (Å²) in [6.07, 6.45) is 4.73. The van der Waals surface area contributed by atoms with Crippen LogP contribution >= 0.6 is 0 Å². The first-order chi connectivity index (χ1) is 13.8. The summed E-state index contributed by atoms with van der Waals surface area (Å²) in [5.74, 6) is 0. The van der Waals surface area contributed by atoms with Gasteiger partial charge in [0.1, 0.15) is 0 Å². The number of unbranched alkanes of at least 4 members (excludes halogenated alkanes) is 2. The van der Waals surface area contributed by atoms with E-state index in [1.807, 2.05) is 0 Å². The molecular formula is C22H51NO4Si2. The average Bonchev–Trinajstić information content (AvgIpc) is 2.65. The van der Waals surface area contributed by atoms with E-state index in [9.17, 15) is 0 Å². The van der Waals surface area contributed by atoms with E-state index in [1.54, 1.807) is 0 Å². The summed E-state index contributed by atoms with van der Waals surface area (Å²) in [6.45, 7) is 21.5. The molecule has 29 heavy (non-hydrogen) atoms. The third-order valence-corrected chi connectivity index (χ3v) is 7.89. The molecule has 0 rings (SSSR count). The molecule has 0 atom stereocenters. The van der Waals surface area contributed by atoms with Crippen molar-refractivity contribution in [1.82, 2.24) is 4.90 Å². The largest absolute Gasteiger partial charge is 0.424 e. The van der Waals surface area contributed by atoms with Crippen molar-refractivity contribution in [2.75, 3.05) is 46.1 Å². The highest BCUT2D eigenvalue weighted by molar-refractivity contribution is 6.27. The van der Waals surface area contributed by atoms with Gasteiger partial charge in [-0.25, -0.2) is 0 Å². The predicted octanol–water partition coefficient (Wildman–Crippen LogP) is 3.54. The Labute approximate surface area is 186 Å². The Morgan fingerprint density at radius 2 is 1.07 bits per heavy atom. The third-order valence-electron chi connectivity index (χ3n) is 4.92. The molecule has 0 fully saturated rings. The second kappa shape index (κ2) is 17.9. The van der Waals surface area contributed by atoms with E-state index in [-0.39, 0.29) is 30.7 Å². The van der Waals surface area contributed by atoms with Gasteiger partial charge < -0.3 is 18.3 Å². The van der Waals surface area contributed by atoms with Gasteiger partial charge in [-0.15, -0.1) is 0 Å². The van der Waals surface area contributed by atoms with E-state index >= 15 is 0 Å². The molecule has 0 amide bonds. The van der Waals surface area contributed by atoms with Gasteiger partial charge in [0.15, 0.2) is 19.5 Å². The number of ether oxygens (including phenoxy) is 2. The molecule has 5 nitrogen and oxygen atoms in total. The van der Waals surface area contributed by atoms with Gasteiger partial charge in [-0.1, -0.05) is 19.8 Å². The van der Waals surface area contributed by atoms with Crippen LogP contribution in [-0.4, -0.2) is 81.7 Å². The molecule has 0 N–H and O–H groups in total. The SMILES string of the molecule is CCO[SiH2]CCCCOC(C)(C)CN(CC)CC(C)(C)OCCCC[SiH2]OCC. The van der Waals surface area contributed by atoms with Crippen molar-refractivity contribution in [3.05, 3.63) is 0 Å². The lowest BCUT2D eigenvalue weighted by Crippen LogP contribution is -2.47. The van der Waals surface area contributed by atoms with Crippen LogP contribution in [0.3, 0.4) is 0 Å². The second-order valence-corrected chi connectivity index (χ2v) is 12.1. The van der Waals surface area contributed by atoms with Crippen LogP contribution in [0, 0.1) is 0 Å². The maximum atomic E-state index is 6.21. The van der Waals surface area contributed by atoms with Gasteiger partial charge in [-0.2, -0.15) is 0 Å². The monoisotopic (exact) mass is 449 g/mol. The van der Waals surface area contributed by atoms with Gasteiger partial charge >= 0.3 is 0 Å². The van der Waals surface area contributed by atoms with Crippen LogP contribution in [0.4, 0.5) is 0 Å². The lowest BCUT2D eigenvalue weighted by atomic mass is 10.1. The molecular weight excluding hydrogens is 398 g/mol. The summed E-state index contributed by atoms with van der Waals surface area (Å²) in [6, 6.07) is 2.52. The van der Waals surface area contributed by atoms with Crippen LogP contribution in [0.1, 0.15) is 74.1 Å². The van der Waals surface area contributed by atoms with Crippen molar-refractivity contribution in [1.29, 1.82) is 0 Å². The number of nitrogens with zero attached hydrogens (tertiary/aromatic N) is 1. The zero-order valence-corrected chi connectivity index (χ0v) is 23.5. The van der Waals surface area contributed by atoms with Gasteiger partial charge in [0, 0.05) is 39.5 Å². The third kappa shape index (κ3) is 18.7. The molecule has 0 spiro atoms. The highest BCUT2D eigenvalue weighted by Gasteiger charge is 2.27. The van der Waals surface area contributed by atoms with Crippen molar-refractivity contribution >= 4 is 19.5 Å². The fourth-order valence-electron chi connectivity index (χ4n) is 3.40. The standard InChI is InChI=1S/C22H51NO4Si2/c1-8-23(19-21(4,5)24-15-11-13-17-28-26-9-2)20-22(6,7)25-16-12-14-18-29-27-10-3/h8-20,28-29H2,1-7H3. The maximum Gasteiger partial charge on any atom is 0.161 e. The summed E-state index contributed by atoms with van der Waals surface area (Å²) >= 11 is 0. The van der Waals surface area contributed by atoms with Crippen LogP contribution in [0.25, 0.3) is 0 Å². The van der Waals surface area contributed by atoms with Gasteiger partial charge in [0.25, 0.3) is 0 Å². The van der Waals surface area contributed by atoms with Crippen LogP contribution in [-0.2, 0) is 18.3 Å². The predicted molar refractivity (Wildman–Crippen MR) is 131 cm³/mol. The molecule has 0 aromatic heterocycles. The van der Waals surface area contributed by atoms with Crippen LogP contribution in [0.15, 0.2) is 0 Å². The topological polar surface area (TPSA) is 40.2 Å².